The fraction of sp³-hybridized carbons (Fsp3) is 0.111. The number of rotatable bonds is 4. The van der Waals surface area contributed by atoms with E-state index in [4.69, 9.17) is 0 Å². The third-order valence-electron chi connectivity index (χ3n) is 5.46. The molecule has 1 atom stereocenters. The summed E-state index contributed by atoms with van der Waals surface area (Å²) in [6, 6.07) is 28.6. The fourth-order valence-corrected chi connectivity index (χ4v) is 3.73. The highest BCUT2D eigenvalue weighted by molar-refractivity contribution is 5.49. The molecule has 0 saturated carbocycles. The Morgan fingerprint density at radius 2 is 1.10 bits per heavy atom. The topological polar surface area (TPSA) is 44.0 Å². The largest absolute Gasteiger partial charge is 0.305 e. The van der Waals surface area contributed by atoms with Crippen LogP contribution in [0.3, 0.4) is 0 Å². The number of hydrogen-bond donors (Lipinski definition) is 0. The maximum Gasteiger partial charge on any atom is 0.275 e. The first kappa shape index (κ1) is 20.4. The first-order valence-electron chi connectivity index (χ1n) is 10.3. The van der Waals surface area contributed by atoms with Crippen LogP contribution in [-0.4, -0.2) is 9.13 Å². The van der Waals surface area contributed by atoms with Gasteiger partial charge in [0.25, 0.3) is 11.1 Å². The maximum absolute atomic E-state index is 13.7. The molecule has 0 radical (unpaired) electrons. The summed E-state index contributed by atoms with van der Waals surface area (Å²) in [6.45, 7) is 1.95. The lowest BCUT2D eigenvalue weighted by molar-refractivity contribution is 0.563. The van der Waals surface area contributed by atoms with E-state index < -0.39 is 0 Å². The van der Waals surface area contributed by atoms with Gasteiger partial charge in [0.1, 0.15) is 10.7 Å². The van der Waals surface area contributed by atoms with Crippen molar-refractivity contribution in [3.05, 3.63) is 139 Å². The van der Waals surface area contributed by atoms with Crippen LogP contribution in [0.2, 0.25) is 0 Å². The zero-order valence-electron chi connectivity index (χ0n) is 17.6. The Hall–Kier alpha value is -3.92. The summed E-state index contributed by atoms with van der Waals surface area (Å²) in [5, 5.41) is 0.712. The van der Waals surface area contributed by atoms with Crippen LogP contribution in [0.15, 0.2) is 101 Å². The van der Waals surface area contributed by atoms with Crippen LogP contribution in [0.25, 0.3) is 12.2 Å². The Labute approximate surface area is 180 Å². The second-order valence-corrected chi connectivity index (χ2v) is 7.51. The number of benzene rings is 3. The Morgan fingerprint density at radius 1 is 0.645 bits per heavy atom. The molecule has 0 amide bonds. The molecule has 0 spiro atoms. The SMILES string of the molecule is CC(c1ccccc1)n1c(=Cc2ccccc2)c(=O)n(C)/c(=C\c2ccccc2)c1=O. The quantitative estimate of drug-likeness (QED) is 0.521. The van der Waals surface area contributed by atoms with Crippen LogP contribution < -0.4 is 21.8 Å². The van der Waals surface area contributed by atoms with Crippen molar-refractivity contribution < 1.29 is 0 Å². The van der Waals surface area contributed by atoms with Gasteiger partial charge in [-0.1, -0.05) is 91.0 Å². The summed E-state index contributed by atoms with van der Waals surface area (Å²) in [4.78, 5) is 27.2. The molecular formula is C27H24N2O2. The maximum atomic E-state index is 13.7. The van der Waals surface area contributed by atoms with Gasteiger partial charge in [-0.15, -0.1) is 0 Å². The fourth-order valence-electron chi connectivity index (χ4n) is 3.73. The van der Waals surface area contributed by atoms with Gasteiger partial charge >= 0.3 is 0 Å². The molecule has 1 heterocycles. The minimum atomic E-state index is -0.305. The zero-order valence-corrected chi connectivity index (χ0v) is 17.6. The van der Waals surface area contributed by atoms with Crippen LogP contribution in [0.1, 0.15) is 29.7 Å². The number of nitrogens with zero attached hydrogens (tertiary/aromatic N) is 2. The molecule has 154 valence electrons. The highest BCUT2D eigenvalue weighted by Crippen LogP contribution is 2.13. The van der Waals surface area contributed by atoms with Crippen LogP contribution in [0.4, 0.5) is 0 Å². The second-order valence-electron chi connectivity index (χ2n) is 7.51. The van der Waals surface area contributed by atoms with Crippen molar-refractivity contribution in [3.63, 3.8) is 0 Å². The Bertz CT molecular complexity index is 1420. The molecule has 4 rings (SSSR count). The van der Waals surface area contributed by atoms with Gasteiger partial charge in [-0.2, -0.15) is 0 Å². The lowest BCUT2D eigenvalue weighted by Crippen LogP contribution is -2.58. The van der Waals surface area contributed by atoms with E-state index in [0.717, 1.165) is 16.7 Å². The summed E-state index contributed by atoms with van der Waals surface area (Å²) >= 11 is 0. The van der Waals surface area contributed by atoms with Gasteiger partial charge in [0, 0.05) is 7.05 Å². The summed E-state index contributed by atoms with van der Waals surface area (Å²) in [5.41, 5.74) is 2.28. The van der Waals surface area contributed by atoms with Crippen molar-refractivity contribution in [3.8, 4) is 0 Å². The zero-order chi connectivity index (χ0) is 21.8. The van der Waals surface area contributed by atoms with Crippen molar-refractivity contribution in [1.29, 1.82) is 0 Å². The number of hydrogen-bond acceptors (Lipinski definition) is 2. The van der Waals surface area contributed by atoms with E-state index in [1.807, 2.05) is 97.9 Å². The van der Waals surface area contributed by atoms with Gasteiger partial charge < -0.3 is 4.57 Å². The van der Waals surface area contributed by atoms with Crippen LogP contribution in [0.5, 0.6) is 0 Å². The average molecular weight is 409 g/mol. The molecule has 4 nitrogen and oxygen atoms in total. The third kappa shape index (κ3) is 4.19. The molecule has 0 saturated heterocycles. The van der Waals surface area contributed by atoms with Crippen molar-refractivity contribution in [2.24, 2.45) is 7.05 Å². The van der Waals surface area contributed by atoms with E-state index in [-0.39, 0.29) is 17.2 Å². The first-order valence-corrected chi connectivity index (χ1v) is 10.3. The molecule has 0 aliphatic carbocycles. The summed E-state index contributed by atoms with van der Waals surface area (Å²) in [5.74, 6) is 0. The minimum absolute atomic E-state index is 0.204. The van der Waals surface area contributed by atoms with Gasteiger partial charge in [-0.05, 0) is 35.8 Å². The average Bonchev–Trinajstić information content (AvgIpc) is 2.82. The molecule has 31 heavy (non-hydrogen) atoms. The van der Waals surface area contributed by atoms with Gasteiger partial charge in [-0.3, -0.25) is 14.2 Å². The smallest absolute Gasteiger partial charge is 0.275 e. The highest BCUT2D eigenvalue weighted by Gasteiger charge is 2.15. The lowest BCUT2D eigenvalue weighted by atomic mass is 10.1. The van der Waals surface area contributed by atoms with Gasteiger partial charge in [0.15, 0.2) is 0 Å². The van der Waals surface area contributed by atoms with Crippen molar-refractivity contribution in [2.75, 3.05) is 0 Å². The van der Waals surface area contributed by atoms with Crippen LogP contribution in [-0.2, 0) is 7.05 Å². The van der Waals surface area contributed by atoms with Gasteiger partial charge in [0.2, 0.25) is 0 Å². The Kier molecular flexibility index (Phi) is 5.80. The Balaban J connectivity index is 2.09. The van der Waals surface area contributed by atoms with Crippen molar-refractivity contribution >= 4 is 12.2 Å². The van der Waals surface area contributed by atoms with E-state index in [1.54, 1.807) is 23.8 Å². The monoisotopic (exact) mass is 408 g/mol. The lowest BCUT2D eigenvalue weighted by Gasteiger charge is -2.18. The summed E-state index contributed by atoms with van der Waals surface area (Å²) in [7, 11) is 1.65. The molecule has 0 fully saturated rings. The standard InChI is InChI=1S/C27H24N2O2/c1-20(23-16-10-5-11-17-23)29-25(19-22-14-8-4-9-15-22)26(30)28(2)24(27(29)31)18-21-12-6-3-7-13-21/h3-20H,1-2H3/b24-18-,25-19?. The van der Waals surface area contributed by atoms with E-state index in [0.29, 0.717) is 10.7 Å². The number of aromatic nitrogens is 2. The van der Waals surface area contributed by atoms with E-state index in [9.17, 15) is 9.59 Å². The molecule has 1 unspecified atom stereocenters. The minimum Gasteiger partial charge on any atom is -0.305 e. The third-order valence-corrected chi connectivity index (χ3v) is 5.46. The molecule has 4 heteroatoms. The van der Waals surface area contributed by atoms with Crippen LogP contribution >= 0.6 is 0 Å². The molecule has 0 aliphatic heterocycles. The van der Waals surface area contributed by atoms with Crippen LogP contribution in [0, 0.1) is 0 Å². The second kappa shape index (κ2) is 8.84. The summed E-state index contributed by atoms with van der Waals surface area (Å²) < 4.78 is 3.05. The van der Waals surface area contributed by atoms with Crippen molar-refractivity contribution in [2.45, 2.75) is 13.0 Å². The highest BCUT2D eigenvalue weighted by atomic mass is 16.1. The normalized spacial score (nSPS) is 13.4. The Morgan fingerprint density at radius 3 is 1.61 bits per heavy atom. The van der Waals surface area contributed by atoms with E-state index in [1.165, 1.54) is 4.57 Å². The van der Waals surface area contributed by atoms with Gasteiger partial charge in [-0.25, -0.2) is 0 Å². The molecule has 3 aromatic carbocycles. The predicted octanol–water partition coefficient (Wildman–Crippen LogP) is 2.81. The molecule has 4 aromatic rings. The van der Waals surface area contributed by atoms with E-state index >= 15 is 0 Å². The van der Waals surface area contributed by atoms with Gasteiger partial charge in [0.05, 0.1) is 6.04 Å². The summed E-state index contributed by atoms with van der Waals surface area (Å²) in [6.07, 6.45) is 3.56. The van der Waals surface area contributed by atoms with Crippen molar-refractivity contribution in [1.82, 2.24) is 9.13 Å². The van der Waals surface area contributed by atoms with E-state index in [2.05, 4.69) is 0 Å². The molecule has 0 bridgehead atoms. The first-order chi connectivity index (χ1) is 15.1. The predicted molar refractivity (Wildman–Crippen MR) is 125 cm³/mol. The molecule has 0 aliphatic rings. The molecule has 0 N–H and O–H groups in total. The molecular weight excluding hydrogens is 384 g/mol. The molecule has 1 aromatic heterocycles.